The molecule has 2 heterocycles. The molecule has 0 aromatic carbocycles. The van der Waals surface area contributed by atoms with Crippen molar-refractivity contribution in [3.63, 3.8) is 0 Å². The maximum Gasteiger partial charge on any atom is 0.145 e. The summed E-state index contributed by atoms with van der Waals surface area (Å²) in [5.41, 5.74) is 2.48. The van der Waals surface area contributed by atoms with Gasteiger partial charge in [0.2, 0.25) is 0 Å². The van der Waals surface area contributed by atoms with Crippen LogP contribution in [0.4, 0.5) is 11.6 Å². The fourth-order valence-electron chi connectivity index (χ4n) is 1.91. The zero-order valence-electron chi connectivity index (χ0n) is 13.2. The Morgan fingerprint density at radius 3 is 2.38 bits per heavy atom. The molecule has 0 aliphatic rings. The Hall–Kier alpha value is -1.66. The van der Waals surface area contributed by atoms with Crippen molar-refractivity contribution in [2.75, 3.05) is 10.7 Å². The van der Waals surface area contributed by atoms with Crippen molar-refractivity contribution in [2.45, 2.75) is 46.1 Å². The fourth-order valence-corrected chi connectivity index (χ4v) is 2.79. The van der Waals surface area contributed by atoms with Crippen LogP contribution in [0.3, 0.4) is 0 Å². The highest BCUT2D eigenvalue weighted by Crippen LogP contribution is 2.27. The summed E-state index contributed by atoms with van der Waals surface area (Å²) < 4.78 is 0. The second-order valence-corrected chi connectivity index (χ2v) is 7.49. The van der Waals surface area contributed by atoms with Crippen LogP contribution in [0, 0.1) is 6.92 Å². The van der Waals surface area contributed by atoms with E-state index in [2.05, 4.69) is 67.5 Å². The number of nitrogens with two attached hydrogens (primary N) is 1. The third kappa shape index (κ3) is 3.92. The Labute approximate surface area is 130 Å². The van der Waals surface area contributed by atoms with Crippen LogP contribution in [0.5, 0.6) is 0 Å². The van der Waals surface area contributed by atoms with Crippen molar-refractivity contribution in [2.24, 2.45) is 5.84 Å². The van der Waals surface area contributed by atoms with Gasteiger partial charge in [-0.3, -0.25) is 0 Å². The number of nitrogen functional groups attached to an aromatic ring is 1. The molecule has 0 bridgehead atoms. The van der Waals surface area contributed by atoms with Gasteiger partial charge in [-0.15, -0.1) is 11.3 Å². The van der Waals surface area contributed by atoms with Gasteiger partial charge in [-0.2, -0.15) is 0 Å². The molecule has 4 N–H and O–H groups in total. The van der Waals surface area contributed by atoms with Gasteiger partial charge in [-0.05, 0) is 26.0 Å². The summed E-state index contributed by atoms with van der Waals surface area (Å²) >= 11 is 1.79. The summed E-state index contributed by atoms with van der Waals surface area (Å²) in [4.78, 5) is 11.6. The second-order valence-electron chi connectivity index (χ2n) is 6.17. The molecule has 0 aliphatic carbocycles. The summed E-state index contributed by atoms with van der Waals surface area (Å²) in [7, 11) is 0. The SMILES string of the molecule is Cc1ccc(C(C)Nc2cc(NN)nc(C(C)(C)C)n2)s1. The number of thiophene rings is 1. The fraction of sp³-hybridized carbons (Fsp3) is 0.467. The van der Waals surface area contributed by atoms with Gasteiger partial charge in [0.05, 0.1) is 6.04 Å². The average Bonchev–Trinajstić information content (AvgIpc) is 2.84. The summed E-state index contributed by atoms with van der Waals surface area (Å²) in [5.74, 6) is 7.67. The minimum atomic E-state index is -0.133. The Morgan fingerprint density at radius 1 is 1.19 bits per heavy atom. The van der Waals surface area contributed by atoms with E-state index in [1.807, 2.05) is 6.07 Å². The maximum absolute atomic E-state index is 5.51. The van der Waals surface area contributed by atoms with Crippen molar-refractivity contribution in [3.05, 3.63) is 33.8 Å². The van der Waals surface area contributed by atoms with E-state index in [-0.39, 0.29) is 11.5 Å². The number of hydrogen-bond acceptors (Lipinski definition) is 6. The normalized spacial score (nSPS) is 13.0. The van der Waals surface area contributed by atoms with Crippen LogP contribution in [0.2, 0.25) is 0 Å². The zero-order valence-corrected chi connectivity index (χ0v) is 14.0. The third-order valence-corrected chi connectivity index (χ3v) is 4.28. The van der Waals surface area contributed by atoms with Crippen molar-refractivity contribution < 1.29 is 0 Å². The minimum absolute atomic E-state index is 0.133. The molecule has 5 nitrogen and oxygen atoms in total. The number of aryl methyl sites for hydroxylation is 1. The van der Waals surface area contributed by atoms with Crippen LogP contribution in [0.1, 0.15) is 49.3 Å². The molecule has 114 valence electrons. The number of hydrazine groups is 1. The first-order valence-corrected chi connectivity index (χ1v) is 7.80. The zero-order chi connectivity index (χ0) is 15.6. The van der Waals surface area contributed by atoms with Crippen molar-refractivity contribution in [3.8, 4) is 0 Å². The van der Waals surface area contributed by atoms with Gasteiger partial charge in [0.25, 0.3) is 0 Å². The maximum atomic E-state index is 5.51. The molecule has 0 aliphatic heterocycles. The van der Waals surface area contributed by atoms with Gasteiger partial charge >= 0.3 is 0 Å². The average molecular weight is 305 g/mol. The molecule has 0 spiro atoms. The van der Waals surface area contributed by atoms with Crippen LogP contribution in [-0.2, 0) is 5.41 Å². The Bertz CT molecular complexity index is 615. The smallest absolute Gasteiger partial charge is 0.145 e. The summed E-state index contributed by atoms with van der Waals surface area (Å²) in [6, 6.07) is 6.29. The number of anilines is 2. The quantitative estimate of drug-likeness (QED) is 0.594. The lowest BCUT2D eigenvalue weighted by Gasteiger charge is -2.20. The molecule has 0 amide bonds. The number of nitrogens with one attached hydrogen (secondary N) is 2. The van der Waals surface area contributed by atoms with E-state index in [0.29, 0.717) is 5.82 Å². The number of nitrogens with zero attached hydrogens (tertiary/aromatic N) is 2. The predicted molar refractivity (Wildman–Crippen MR) is 89.6 cm³/mol. The third-order valence-electron chi connectivity index (χ3n) is 3.10. The van der Waals surface area contributed by atoms with E-state index in [1.54, 1.807) is 11.3 Å². The molecular formula is C15H23N5S. The number of aromatic nitrogens is 2. The first kappa shape index (κ1) is 15.7. The van der Waals surface area contributed by atoms with E-state index >= 15 is 0 Å². The van der Waals surface area contributed by atoms with E-state index in [1.165, 1.54) is 9.75 Å². The van der Waals surface area contributed by atoms with E-state index in [4.69, 9.17) is 5.84 Å². The lowest BCUT2D eigenvalue weighted by atomic mass is 9.96. The highest BCUT2D eigenvalue weighted by Gasteiger charge is 2.19. The summed E-state index contributed by atoms with van der Waals surface area (Å²) in [5, 5.41) is 3.42. The molecule has 1 atom stereocenters. The minimum Gasteiger partial charge on any atom is -0.363 e. The van der Waals surface area contributed by atoms with Crippen LogP contribution in [0.25, 0.3) is 0 Å². The van der Waals surface area contributed by atoms with Gasteiger partial charge in [0, 0.05) is 21.2 Å². The van der Waals surface area contributed by atoms with Gasteiger partial charge in [0.1, 0.15) is 17.5 Å². The van der Waals surface area contributed by atoms with Crippen molar-refractivity contribution >= 4 is 23.0 Å². The largest absolute Gasteiger partial charge is 0.363 e. The highest BCUT2D eigenvalue weighted by molar-refractivity contribution is 7.12. The molecule has 1 unspecified atom stereocenters. The van der Waals surface area contributed by atoms with E-state index < -0.39 is 0 Å². The Morgan fingerprint density at radius 2 is 1.86 bits per heavy atom. The molecule has 6 heteroatoms. The Kier molecular flexibility index (Phi) is 4.49. The van der Waals surface area contributed by atoms with Gasteiger partial charge in [-0.1, -0.05) is 20.8 Å². The monoisotopic (exact) mass is 305 g/mol. The predicted octanol–water partition coefficient (Wildman–Crippen LogP) is 3.60. The highest BCUT2D eigenvalue weighted by atomic mass is 32.1. The Balaban J connectivity index is 2.27. The first-order valence-electron chi connectivity index (χ1n) is 6.98. The van der Waals surface area contributed by atoms with Gasteiger partial charge in [0.15, 0.2) is 0 Å². The number of rotatable bonds is 4. The summed E-state index contributed by atoms with van der Waals surface area (Å²) in [6.45, 7) is 10.5. The first-order chi connectivity index (χ1) is 9.79. The standard InChI is InChI=1S/C15H23N5S/c1-9-6-7-11(21-9)10(2)17-12-8-13(20-16)19-14(18-12)15(3,4)5/h6-8,10H,16H2,1-5H3,(H2,17,18,19,20). The van der Waals surface area contributed by atoms with Crippen molar-refractivity contribution in [1.29, 1.82) is 0 Å². The lowest BCUT2D eigenvalue weighted by Crippen LogP contribution is -2.20. The van der Waals surface area contributed by atoms with E-state index in [9.17, 15) is 0 Å². The molecule has 2 aromatic heterocycles. The lowest BCUT2D eigenvalue weighted by molar-refractivity contribution is 0.546. The van der Waals surface area contributed by atoms with Gasteiger partial charge < -0.3 is 10.7 Å². The summed E-state index contributed by atoms with van der Waals surface area (Å²) in [6.07, 6.45) is 0. The molecule has 2 rings (SSSR count). The van der Waals surface area contributed by atoms with Crippen LogP contribution < -0.4 is 16.6 Å². The molecule has 21 heavy (non-hydrogen) atoms. The van der Waals surface area contributed by atoms with Crippen LogP contribution >= 0.6 is 11.3 Å². The van der Waals surface area contributed by atoms with Crippen LogP contribution in [0.15, 0.2) is 18.2 Å². The van der Waals surface area contributed by atoms with Gasteiger partial charge in [-0.25, -0.2) is 15.8 Å². The van der Waals surface area contributed by atoms with Crippen molar-refractivity contribution in [1.82, 2.24) is 9.97 Å². The number of hydrogen-bond donors (Lipinski definition) is 3. The molecule has 2 aromatic rings. The van der Waals surface area contributed by atoms with Crippen LogP contribution in [-0.4, -0.2) is 9.97 Å². The molecule has 0 saturated carbocycles. The molecule has 0 fully saturated rings. The molecule has 0 radical (unpaired) electrons. The molecular weight excluding hydrogens is 282 g/mol. The molecule has 0 saturated heterocycles. The topological polar surface area (TPSA) is 75.9 Å². The van der Waals surface area contributed by atoms with E-state index in [0.717, 1.165) is 11.6 Å². The second kappa shape index (κ2) is 5.99.